The summed E-state index contributed by atoms with van der Waals surface area (Å²) in [7, 11) is 0. The maximum absolute atomic E-state index is 5.94. The van der Waals surface area contributed by atoms with E-state index in [9.17, 15) is 0 Å². The molecule has 0 fully saturated rings. The fourth-order valence-corrected chi connectivity index (χ4v) is 5.94. The fourth-order valence-electron chi connectivity index (χ4n) is 2.55. The van der Waals surface area contributed by atoms with Crippen molar-refractivity contribution < 1.29 is 9.47 Å². The lowest BCUT2D eigenvalue weighted by atomic mass is 9.78. The zero-order chi connectivity index (χ0) is 21.9. The van der Waals surface area contributed by atoms with Crippen LogP contribution in [0.1, 0.15) is 25.0 Å². The number of rotatable bonds is 8. The molecule has 2 unspecified atom stereocenters. The molecule has 0 aliphatic rings. The maximum atomic E-state index is 5.94. The molecule has 2 aromatic carbocycles. The van der Waals surface area contributed by atoms with Crippen LogP contribution in [0.4, 0.5) is 0 Å². The van der Waals surface area contributed by atoms with Crippen molar-refractivity contribution in [2.75, 3.05) is 10.7 Å². The lowest BCUT2D eigenvalue weighted by Crippen LogP contribution is -2.20. The van der Waals surface area contributed by atoms with E-state index in [2.05, 4.69) is 166 Å². The molecule has 0 bridgehead atoms. The molecule has 0 amide bonds. The Morgan fingerprint density at radius 1 is 0.690 bits per heavy atom. The molecule has 0 spiro atoms. The Morgan fingerprint density at radius 3 is 1.21 bits per heavy atom. The lowest BCUT2D eigenvalue weighted by Gasteiger charge is -2.29. The topological polar surface area (TPSA) is 18.5 Å². The van der Waals surface area contributed by atoms with Gasteiger partial charge in [0.05, 0.1) is 28.6 Å². The van der Waals surface area contributed by atoms with E-state index in [4.69, 9.17) is 9.47 Å². The Bertz CT molecular complexity index is 756. The van der Waals surface area contributed by atoms with E-state index in [0.29, 0.717) is 10.7 Å². The molecule has 0 aliphatic carbocycles. The van der Waals surface area contributed by atoms with E-state index in [1.54, 1.807) is 0 Å². The molecule has 0 radical (unpaired) electrons. The molecule has 2 aromatic rings. The van der Waals surface area contributed by atoms with E-state index in [-0.39, 0.29) is 15.4 Å². The van der Waals surface area contributed by atoms with Gasteiger partial charge in [-0.1, -0.05) is 45.7 Å². The highest BCUT2D eigenvalue weighted by molar-refractivity contribution is 9.12. The van der Waals surface area contributed by atoms with Crippen LogP contribution in [0.5, 0.6) is 11.5 Å². The van der Waals surface area contributed by atoms with Gasteiger partial charge in [-0.25, -0.2) is 0 Å². The molecule has 0 N–H and O–H groups in total. The minimum absolute atomic E-state index is 0.119. The van der Waals surface area contributed by atoms with Crippen molar-refractivity contribution in [1.29, 1.82) is 0 Å². The molecule has 0 aliphatic heterocycles. The summed E-state index contributed by atoms with van der Waals surface area (Å²) in [4.78, 5) is 0. The molecule has 2 nitrogen and oxygen atoms in total. The normalized spacial score (nSPS) is 13.9. The molecule has 2 atom stereocenters. The monoisotopic (exact) mass is 907 g/mol. The Labute approximate surface area is 238 Å². The SMILES string of the molecule is CC(C)(c1cc(Br)c(OC(Br)CBr)c(Br)c1)c1cc(Br)c(OC(Br)CBr)c(Br)c1. The second kappa shape index (κ2) is 11.8. The summed E-state index contributed by atoms with van der Waals surface area (Å²) in [5.41, 5.74) is 2.01. The summed E-state index contributed by atoms with van der Waals surface area (Å²) in [5.74, 6) is 1.52. The Morgan fingerprint density at radius 2 is 0.966 bits per heavy atom. The molecule has 0 heterocycles. The van der Waals surface area contributed by atoms with Crippen LogP contribution in [0, 0.1) is 0 Å². The number of halogens is 8. The van der Waals surface area contributed by atoms with Gasteiger partial charge in [0, 0.05) is 5.41 Å². The van der Waals surface area contributed by atoms with Crippen LogP contribution in [-0.2, 0) is 5.41 Å². The fraction of sp³-hybridized carbons (Fsp3) is 0.368. The van der Waals surface area contributed by atoms with Gasteiger partial charge in [-0.2, -0.15) is 0 Å². The van der Waals surface area contributed by atoms with Crippen molar-refractivity contribution in [1.82, 2.24) is 0 Å². The second-order valence-electron chi connectivity index (χ2n) is 6.53. The van der Waals surface area contributed by atoms with E-state index in [1.807, 2.05) is 0 Å². The van der Waals surface area contributed by atoms with Crippen molar-refractivity contribution in [3.63, 3.8) is 0 Å². The second-order valence-corrected chi connectivity index (χ2v) is 13.3. The largest absolute Gasteiger partial charge is 0.476 e. The summed E-state index contributed by atoms with van der Waals surface area (Å²) < 4.78 is 15.4. The molecule has 0 aromatic heterocycles. The summed E-state index contributed by atoms with van der Waals surface area (Å²) in [6.45, 7) is 4.38. The first kappa shape index (κ1) is 27.1. The zero-order valence-electron chi connectivity index (χ0n) is 15.2. The van der Waals surface area contributed by atoms with Crippen LogP contribution >= 0.6 is 127 Å². The molecule has 160 valence electrons. The Balaban J connectivity index is 2.45. The van der Waals surface area contributed by atoms with Gasteiger partial charge in [0.2, 0.25) is 0 Å². The van der Waals surface area contributed by atoms with Crippen LogP contribution in [0.15, 0.2) is 42.2 Å². The first-order chi connectivity index (χ1) is 13.5. The van der Waals surface area contributed by atoms with Crippen molar-refractivity contribution in [2.24, 2.45) is 0 Å². The highest BCUT2D eigenvalue weighted by atomic mass is 79.9. The van der Waals surface area contributed by atoms with Crippen molar-refractivity contribution in [3.8, 4) is 11.5 Å². The van der Waals surface area contributed by atoms with E-state index < -0.39 is 0 Å². The summed E-state index contributed by atoms with van der Waals surface area (Å²) in [6.07, 6.45) is 0. The minimum atomic E-state index is -0.264. The third kappa shape index (κ3) is 6.93. The molecule has 2 rings (SSSR count). The molecule has 29 heavy (non-hydrogen) atoms. The third-order valence-electron chi connectivity index (χ3n) is 4.17. The predicted octanol–water partition coefficient (Wildman–Crippen LogP) is 10.1. The van der Waals surface area contributed by atoms with Crippen molar-refractivity contribution in [2.45, 2.75) is 29.3 Å². The van der Waals surface area contributed by atoms with E-state index >= 15 is 0 Å². The number of hydrogen-bond acceptors (Lipinski definition) is 2. The molecule has 10 heteroatoms. The predicted molar refractivity (Wildman–Crippen MR) is 150 cm³/mol. The Hall–Kier alpha value is 1.88. The van der Waals surface area contributed by atoms with Gasteiger partial charge in [-0.15, -0.1) is 0 Å². The van der Waals surface area contributed by atoms with Gasteiger partial charge in [0.1, 0.15) is 11.5 Å². The smallest absolute Gasteiger partial charge is 0.163 e. The first-order valence-corrected chi connectivity index (χ1v) is 15.5. The lowest BCUT2D eigenvalue weighted by molar-refractivity contribution is 0.315. The molecule has 0 saturated carbocycles. The van der Waals surface area contributed by atoms with Crippen LogP contribution in [0.25, 0.3) is 0 Å². The van der Waals surface area contributed by atoms with Gasteiger partial charge in [-0.3, -0.25) is 0 Å². The van der Waals surface area contributed by atoms with Gasteiger partial charge < -0.3 is 9.47 Å². The van der Waals surface area contributed by atoms with Gasteiger partial charge in [-0.05, 0) is 131 Å². The molecular weight excluding hydrogens is 899 g/mol. The molecule has 0 saturated heterocycles. The van der Waals surface area contributed by atoms with Crippen LogP contribution < -0.4 is 9.47 Å². The van der Waals surface area contributed by atoms with E-state index in [1.165, 1.54) is 0 Å². The average Bonchev–Trinajstić information content (AvgIpc) is 2.66. The third-order valence-corrected chi connectivity index (χ3v) is 10.5. The zero-order valence-corrected chi connectivity index (χ0v) is 27.9. The first-order valence-electron chi connectivity index (χ1n) is 8.23. The Kier molecular flexibility index (Phi) is 11.1. The standard InChI is InChI=1S/C19H16Br8O2/c1-19(2,9-3-11(22)17(12(23)4-9)28-15(26)7-20)10-5-13(24)18(14(25)6-10)29-16(27)8-21/h3-6,15-16H,7-8H2,1-2H3. The van der Waals surface area contributed by atoms with Gasteiger partial charge >= 0.3 is 0 Å². The highest BCUT2D eigenvalue weighted by Gasteiger charge is 2.28. The highest BCUT2D eigenvalue weighted by Crippen LogP contribution is 2.44. The maximum Gasteiger partial charge on any atom is 0.163 e. The summed E-state index contributed by atoms with van der Waals surface area (Å²) in [5, 5.41) is 1.12. The van der Waals surface area contributed by atoms with Crippen LogP contribution in [0.2, 0.25) is 0 Å². The van der Waals surface area contributed by atoms with Gasteiger partial charge in [0.15, 0.2) is 10.0 Å². The molecular formula is C19H16Br8O2. The summed E-state index contributed by atoms with van der Waals surface area (Å²) in [6, 6.07) is 8.39. The number of ether oxygens (including phenoxy) is 2. The van der Waals surface area contributed by atoms with Gasteiger partial charge in [0.25, 0.3) is 0 Å². The number of hydrogen-bond donors (Lipinski definition) is 0. The van der Waals surface area contributed by atoms with Crippen molar-refractivity contribution in [3.05, 3.63) is 53.3 Å². The average molecular weight is 916 g/mol. The number of benzene rings is 2. The quantitative estimate of drug-likeness (QED) is 0.246. The van der Waals surface area contributed by atoms with E-state index in [0.717, 1.165) is 40.5 Å². The summed E-state index contributed by atoms with van der Waals surface area (Å²) >= 11 is 28.4. The van der Waals surface area contributed by atoms with Crippen LogP contribution in [-0.4, -0.2) is 20.7 Å². The van der Waals surface area contributed by atoms with Crippen LogP contribution in [0.3, 0.4) is 0 Å². The van der Waals surface area contributed by atoms with Crippen molar-refractivity contribution >= 4 is 127 Å². The number of alkyl halides is 4. The minimum Gasteiger partial charge on any atom is -0.476 e.